The molecule has 7 heteroatoms. The number of carbonyl (C=O) groups is 2. The molecule has 1 amide bonds. The Labute approximate surface area is 203 Å². The number of anilines is 1. The summed E-state index contributed by atoms with van der Waals surface area (Å²) in [6, 6.07) is 4.37. The molecule has 1 aromatic rings. The van der Waals surface area contributed by atoms with Crippen molar-refractivity contribution in [1.82, 2.24) is 15.6 Å². The van der Waals surface area contributed by atoms with Gasteiger partial charge in [0.05, 0.1) is 0 Å². The molecule has 1 saturated carbocycles. The number of aryl methyl sites for hydroxylation is 2. The Morgan fingerprint density at radius 1 is 1.09 bits per heavy atom. The summed E-state index contributed by atoms with van der Waals surface area (Å²) in [5.74, 6) is 0.727. The van der Waals surface area contributed by atoms with Gasteiger partial charge in [0.25, 0.3) is 0 Å². The zero-order chi connectivity index (χ0) is 24.0. The van der Waals surface area contributed by atoms with E-state index < -0.39 is 11.5 Å². The zero-order valence-corrected chi connectivity index (χ0v) is 20.7. The molecule has 188 valence electrons. The van der Waals surface area contributed by atoms with Crippen LogP contribution in [0.2, 0.25) is 0 Å². The molecule has 34 heavy (non-hydrogen) atoms. The highest BCUT2D eigenvalue weighted by Gasteiger charge is 2.44. The number of hydrogen-bond donors (Lipinski definition) is 4. The molecule has 2 fully saturated rings. The first-order valence-electron chi connectivity index (χ1n) is 13.4. The van der Waals surface area contributed by atoms with Crippen LogP contribution in [0.1, 0.15) is 82.4 Å². The second-order valence-corrected chi connectivity index (χ2v) is 10.9. The van der Waals surface area contributed by atoms with Crippen molar-refractivity contribution in [2.75, 3.05) is 25.0 Å². The maximum absolute atomic E-state index is 13.1. The van der Waals surface area contributed by atoms with Crippen LogP contribution in [0, 0.1) is 17.8 Å². The fraction of sp³-hybridized carbons (Fsp3) is 0.741. The average Bonchev–Trinajstić information content (AvgIpc) is 2.82. The van der Waals surface area contributed by atoms with Gasteiger partial charge in [0.2, 0.25) is 5.91 Å². The number of aliphatic carboxylic acids is 1. The topological polar surface area (TPSA) is 103 Å². The van der Waals surface area contributed by atoms with Gasteiger partial charge in [-0.05, 0) is 88.4 Å². The van der Waals surface area contributed by atoms with E-state index in [1.165, 1.54) is 18.4 Å². The fourth-order valence-electron chi connectivity index (χ4n) is 6.13. The van der Waals surface area contributed by atoms with E-state index in [0.29, 0.717) is 18.3 Å². The molecule has 2 bridgehead atoms. The van der Waals surface area contributed by atoms with Crippen LogP contribution in [0.5, 0.6) is 0 Å². The summed E-state index contributed by atoms with van der Waals surface area (Å²) in [7, 11) is 0. The number of pyridine rings is 1. The minimum atomic E-state index is -1.18. The Morgan fingerprint density at radius 2 is 1.82 bits per heavy atom. The van der Waals surface area contributed by atoms with Crippen molar-refractivity contribution < 1.29 is 14.7 Å². The van der Waals surface area contributed by atoms with E-state index in [4.69, 9.17) is 4.98 Å². The molecule has 1 saturated heterocycles. The second-order valence-electron chi connectivity index (χ2n) is 10.9. The lowest BCUT2D eigenvalue weighted by Gasteiger charge is -2.43. The van der Waals surface area contributed by atoms with Gasteiger partial charge in [-0.25, -0.2) is 9.78 Å². The van der Waals surface area contributed by atoms with Crippen LogP contribution in [0.15, 0.2) is 12.1 Å². The fourth-order valence-corrected chi connectivity index (χ4v) is 6.13. The van der Waals surface area contributed by atoms with Crippen LogP contribution in [0.3, 0.4) is 0 Å². The summed E-state index contributed by atoms with van der Waals surface area (Å²) in [4.78, 5) is 30.0. The third kappa shape index (κ3) is 6.09. The molecule has 0 spiro atoms. The van der Waals surface area contributed by atoms with E-state index in [1.54, 1.807) is 6.92 Å². The van der Waals surface area contributed by atoms with Crippen molar-refractivity contribution >= 4 is 17.7 Å². The summed E-state index contributed by atoms with van der Waals surface area (Å²) in [6.45, 7) is 4.43. The minimum absolute atomic E-state index is 0.0407. The number of piperidine rings is 1. The molecule has 4 rings (SSSR count). The van der Waals surface area contributed by atoms with Gasteiger partial charge in [-0.15, -0.1) is 0 Å². The maximum Gasteiger partial charge on any atom is 0.329 e. The molecule has 4 N–H and O–H groups in total. The van der Waals surface area contributed by atoms with Gasteiger partial charge >= 0.3 is 5.97 Å². The predicted molar refractivity (Wildman–Crippen MR) is 134 cm³/mol. The summed E-state index contributed by atoms with van der Waals surface area (Å²) >= 11 is 0. The number of rotatable bonds is 11. The highest BCUT2D eigenvalue weighted by molar-refractivity contribution is 5.88. The number of carbonyl (C=O) groups excluding carboxylic acids is 1. The lowest BCUT2D eigenvalue weighted by molar-refractivity contribution is -0.149. The number of carboxylic acid groups (broad SMARTS) is 1. The van der Waals surface area contributed by atoms with Crippen molar-refractivity contribution in [3.05, 3.63) is 23.4 Å². The predicted octanol–water partition coefficient (Wildman–Crippen LogP) is 3.92. The molecule has 7 nitrogen and oxygen atoms in total. The SMILES string of the molecule is C[C@@](CCCCCCCc1ccc2c(n1)NCCC2)(NC(=O)C1C2CCCC1CNC2)C(=O)O. The van der Waals surface area contributed by atoms with Crippen LogP contribution in [0.25, 0.3) is 0 Å². The van der Waals surface area contributed by atoms with E-state index in [9.17, 15) is 14.7 Å². The third-order valence-corrected chi connectivity index (χ3v) is 8.21. The third-order valence-electron chi connectivity index (χ3n) is 8.21. The van der Waals surface area contributed by atoms with E-state index in [2.05, 4.69) is 28.1 Å². The summed E-state index contributed by atoms with van der Waals surface area (Å²) < 4.78 is 0. The number of amides is 1. The molecule has 2 aliphatic heterocycles. The van der Waals surface area contributed by atoms with Crippen LogP contribution in [0.4, 0.5) is 5.82 Å². The highest BCUT2D eigenvalue weighted by atomic mass is 16.4. The van der Waals surface area contributed by atoms with Crippen LogP contribution < -0.4 is 16.0 Å². The Hall–Kier alpha value is -2.15. The summed E-state index contributed by atoms with van der Waals surface area (Å²) in [6.07, 6.45) is 12.1. The van der Waals surface area contributed by atoms with Crippen LogP contribution >= 0.6 is 0 Å². The number of unbranched alkanes of at least 4 members (excludes halogenated alkanes) is 4. The smallest absolute Gasteiger partial charge is 0.329 e. The normalized spacial score (nSPS) is 25.5. The Bertz CT molecular complexity index is 838. The van der Waals surface area contributed by atoms with E-state index in [-0.39, 0.29) is 11.8 Å². The number of aromatic nitrogens is 1. The van der Waals surface area contributed by atoms with Gasteiger partial charge in [-0.1, -0.05) is 38.2 Å². The Morgan fingerprint density at radius 3 is 2.59 bits per heavy atom. The van der Waals surface area contributed by atoms with Crippen molar-refractivity contribution in [2.24, 2.45) is 17.8 Å². The van der Waals surface area contributed by atoms with Crippen molar-refractivity contribution in [3.8, 4) is 0 Å². The Balaban J connectivity index is 1.17. The number of nitrogens with zero attached hydrogens (tertiary/aromatic N) is 1. The van der Waals surface area contributed by atoms with Crippen LogP contribution in [-0.4, -0.2) is 47.1 Å². The van der Waals surface area contributed by atoms with E-state index >= 15 is 0 Å². The van der Waals surface area contributed by atoms with Gasteiger partial charge in [0.15, 0.2) is 0 Å². The summed E-state index contributed by atoms with van der Waals surface area (Å²) in [5.41, 5.74) is 1.29. The first-order valence-corrected chi connectivity index (χ1v) is 13.4. The molecule has 3 atom stereocenters. The zero-order valence-electron chi connectivity index (χ0n) is 20.7. The first kappa shape index (κ1) is 25.0. The Kier molecular flexibility index (Phi) is 8.46. The second kappa shape index (κ2) is 11.5. The van der Waals surface area contributed by atoms with Crippen LogP contribution in [-0.2, 0) is 22.4 Å². The number of nitrogens with one attached hydrogen (secondary N) is 3. The van der Waals surface area contributed by atoms with Gasteiger partial charge < -0.3 is 21.1 Å². The molecule has 1 aromatic heterocycles. The van der Waals surface area contributed by atoms with E-state index in [0.717, 1.165) is 88.9 Å². The molecule has 2 unspecified atom stereocenters. The van der Waals surface area contributed by atoms with Gasteiger partial charge in [-0.3, -0.25) is 4.79 Å². The lowest BCUT2D eigenvalue weighted by atomic mass is 9.69. The molecule has 0 aromatic carbocycles. The molecular weight excluding hydrogens is 428 g/mol. The van der Waals surface area contributed by atoms with Crippen molar-refractivity contribution in [2.45, 2.75) is 89.5 Å². The molecular formula is C27H42N4O3. The van der Waals surface area contributed by atoms with Crippen molar-refractivity contribution in [3.63, 3.8) is 0 Å². The summed E-state index contributed by atoms with van der Waals surface area (Å²) in [5, 5.41) is 19.7. The number of hydrogen-bond acceptors (Lipinski definition) is 5. The highest BCUT2D eigenvalue weighted by Crippen LogP contribution is 2.37. The standard InChI is InChI=1S/C27H42N4O3/c1-27(26(33)34,31-25(32)23-20-9-7-10-21(23)18-28-17-20)15-6-4-2-3-5-12-22-14-13-19-11-8-16-29-24(19)30-22/h13-14,20-21,23,28H,2-12,15-18H2,1H3,(H,29,30)(H,31,32)(H,33,34)/t20?,21?,23?,27-/m0/s1. The van der Waals surface area contributed by atoms with Gasteiger partial charge in [-0.2, -0.15) is 0 Å². The van der Waals surface area contributed by atoms with E-state index in [1.807, 2.05) is 0 Å². The van der Waals surface area contributed by atoms with Gasteiger partial charge in [0.1, 0.15) is 11.4 Å². The lowest BCUT2D eigenvalue weighted by Crippen LogP contribution is -2.58. The molecule has 3 heterocycles. The maximum atomic E-state index is 13.1. The largest absolute Gasteiger partial charge is 0.480 e. The average molecular weight is 471 g/mol. The molecule has 3 aliphatic rings. The molecule has 1 aliphatic carbocycles. The number of fused-ring (bicyclic) bond motifs is 3. The first-order chi connectivity index (χ1) is 16.5. The number of carboxylic acids is 1. The minimum Gasteiger partial charge on any atom is -0.480 e. The van der Waals surface area contributed by atoms with Gasteiger partial charge in [0, 0.05) is 18.2 Å². The molecule has 0 radical (unpaired) electrons. The monoisotopic (exact) mass is 470 g/mol. The quantitative estimate of drug-likeness (QED) is 0.366. The van der Waals surface area contributed by atoms with Crippen molar-refractivity contribution in [1.29, 1.82) is 0 Å².